The van der Waals surface area contributed by atoms with Gasteiger partial charge in [0.15, 0.2) is 10.6 Å². The molecule has 1 fully saturated rings. The van der Waals surface area contributed by atoms with Gasteiger partial charge in [-0.25, -0.2) is 4.79 Å². The van der Waals surface area contributed by atoms with Crippen molar-refractivity contribution >= 4 is 40.8 Å². The highest BCUT2D eigenvalue weighted by Gasteiger charge is 2.38. The second kappa shape index (κ2) is 13.9. The zero-order valence-corrected chi connectivity index (χ0v) is 23.6. The van der Waals surface area contributed by atoms with Crippen LogP contribution in [-0.4, -0.2) is 52.3 Å². The van der Waals surface area contributed by atoms with Crippen molar-refractivity contribution in [2.75, 3.05) is 24.2 Å². The summed E-state index contributed by atoms with van der Waals surface area (Å²) in [7, 11) is 0. The van der Waals surface area contributed by atoms with E-state index < -0.39 is 18.3 Å². The van der Waals surface area contributed by atoms with Crippen LogP contribution in [0.15, 0.2) is 52.9 Å². The molecule has 0 unspecified atom stereocenters. The zero-order valence-electron chi connectivity index (χ0n) is 22.0. The first-order chi connectivity index (χ1) is 18.9. The normalized spacial score (nSPS) is 20.8. The summed E-state index contributed by atoms with van der Waals surface area (Å²) in [6, 6.07) is 14.4. The number of esters is 1. The molecule has 0 radical (unpaired) electrons. The number of aliphatic hydroxyl groups excluding tert-OH is 1. The van der Waals surface area contributed by atoms with Gasteiger partial charge in [-0.2, -0.15) is 0 Å². The number of hydrogen-bond donors (Lipinski definition) is 3. The Morgan fingerprint density at radius 3 is 2.62 bits per heavy atom. The zero-order chi connectivity index (χ0) is 27.8. The van der Waals surface area contributed by atoms with Crippen LogP contribution in [0.4, 0.5) is 10.5 Å². The maximum atomic E-state index is 12.3. The van der Waals surface area contributed by atoms with Crippen LogP contribution >= 0.6 is 23.1 Å². The summed E-state index contributed by atoms with van der Waals surface area (Å²) >= 11 is 3.15. The Morgan fingerprint density at radius 2 is 1.92 bits per heavy atom. The van der Waals surface area contributed by atoms with E-state index >= 15 is 0 Å². The van der Waals surface area contributed by atoms with E-state index in [2.05, 4.69) is 27.8 Å². The molecule has 3 aromatic rings. The van der Waals surface area contributed by atoms with E-state index in [1.165, 1.54) is 0 Å². The number of nitrogens with one attached hydrogen (secondary N) is 2. The summed E-state index contributed by atoms with van der Waals surface area (Å²) in [6.07, 6.45) is -1.11. The van der Waals surface area contributed by atoms with E-state index in [0.29, 0.717) is 11.4 Å². The number of benzene rings is 2. The standard InChI is InChI=1S/C27H32N4O6S2/c1-4-35-23(33)13-28-26(34)29-21-7-5-6-20(12-21)25-36-22(15-38-27-31-30-17(3)39-27)16(2)24(37-25)19-10-8-18(14-32)9-11-19/h5-12,16,22,24-25,32H,4,13-15H2,1-3H3,(H2,28,29,34)/t16-,22+,24+,25+/m1/s1. The number of anilines is 1. The number of ether oxygens (including phenoxy) is 3. The smallest absolute Gasteiger partial charge is 0.325 e. The molecule has 0 saturated carbocycles. The van der Waals surface area contributed by atoms with Gasteiger partial charge in [0.1, 0.15) is 11.6 Å². The molecule has 0 spiro atoms. The van der Waals surface area contributed by atoms with Gasteiger partial charge in [-0.1, -0.05) is 66.4 Å². The van der Waals surface area contributed by atoms with Crippen molar-refractivity contribution in [2.24, 2.45) is 5.92 Å². The number of aromatic nitrogens is 2. The van der Waals surface area contributed by atoms with Crippen LogP contribution in [0.1, 0.15) is 47.9 Å². The van der Waals surface area contributed by atoms with E-state index in [4.69, 9.17) is 14.2 Å². The number of nitrogens with zero attached hydrogens (tertiary/aromatic N) is 2. The first kappa shape index (κ1) is 29.0. The second-order valence-electron chi connectivity index (χ2n) is 8.96. The van der Waals surface area contributed by atoms with Crippen molar-refractivity contribution in [3.05, 3.63) is 70.2 Å². The summed E-state index contributed by atoms with van der Waals surface area (Å²) in [5.74, 6) is 0.178. The molecule has 1 aliphatic heterocycles. The number of carbonyl (C=O) groups is 2. The van der Waals surface area contributed by atoms with E-state index in [-0.39, 0.29) is 37.9 Å². The first-order valence-corrected chi connectivity index (χ1v) is 14.4. The number of urea groups is 1. The lowest BCUT2D eigenvalue weighted by atomic mass is 9.91. The summed E-state index contributed by atoms with van der Waals surface area (Å²) in [5.41, 5.74) is 3.08. The van der Waals surface area contributed by atoms with Crippen LogP contribution in [0.25, 0.3) is 0 Å². The fourth-order valence-corrected chi connectivity index (χ4v) is 6.11. The van der Waals surface area contributed by atoms with Crippen LogP contribution in [0, 0.1) is 12.8 Å². The number of thioether (sulfide) groups is 1. The SMILES string of the molecule is CCOC(=O)CNC(=O)Nc1cccc([C@H]2O[C@@H](CSc3nnc(C)s3)[C@@H](C)[C@@H](c3ccc(CO)cc3)O2)c1. The average molecular weight is 573 g/mol. The summed E-state index contributed by atoms with van der Waals surface area (Å²) < 4.78 is 18.7. The summed E-state index contributed by atoms with van der Waals surface area (Å²) in [4.78, 5) is 23.8. The average Bonchev–Trinajstić information content (AvgIpc) is 3.36. The lowest BCUT2D eigenvalue weighted by molar-refractivity contribution is -0.268. The highest BCUT2D eigenvalue weighted by molar-refractivity contribution is 8.01. The van der Waals surface area contributed by atoms with Gasteiger partial charge >= 0.3 is 12.0 Å². The number of hydrogen-bond acceptors (Lipinski definition) is 10. The van der Waals surface area contributed by atoms with Crippen molar-refractivity contribution in [1.82, 2.24) is 15.5 Å². The highest BCUT2D eigenvalue weighted by Crippen LogP contribution is 2.43. The molecule has 4 rings (SSSR count). The number of rotatable bonds is 10. The lowest BCUT2D eigenvalue weighted by Gasteiger charge is -2.41. The van der Waals surface area contributed by atoms with E-state index in [1.54, 1.807) is 48.2 Å². The molecule has 0 bridgehead atoms. The quantitative estimate of drug-likeness (QED) is 0.235. The van der Waals surface area contributed by atoms with Crippen LogP contribution in [0.2, 0.25) is 0 Å². The molecule has 2 aromatic carbocycles. The van der Waals surface area contributed by atoms with Gasteiger partial charge in [-0.05, 0) is 37.1 Å². The van der Waals surface area contributed by atoms with Gasteiger partial charge in [-0.3, -0.25) is 4.79 Å². The number of aliphatic hydroxyl groups is 1. The Kier molecular flexibility index (Phi) is 10.3. The predicted molar refractivity (Wildman–Crippen MR) is 148 cm³/mol. The van der Waals surface area contributed by atoms with Crippen molar-refractivity contribution in [1.29, 1.82) is 0 Å². The topological polar surface area (TPSA) is 132 Å². The Labute approximate surface area is 235 Å². The van der Waals surface area contributed by atoms with Gasteiger partial charge in [0.2, 0.25) is 0 Å². The molecule has 4 atom stereocenters. The molecule has 2 amide bonds. The summed E-state index contributed by atoms with van der Waals surface area (Å²) in [5, 5.41) is 23.9. The third kappa shape index (κ3) is 7.99. The van der Waals surface area contributed by atoms with Crippen molar-refractivity contribution < 1.29 is 28.9 Å². The van der Waals surface area contributed by atoms with E-state index in [9.17, 15) is 14.7 Å². The van der Waals surface area contributed by atoms with Crippen LogP contribution < -0.4 is 10.6 Å². The largest absolute Gasteiger partial charge is 0.465 e. The Morgan fingerprint density at radius 1 is 1.13 bits per heavy atom. The van der Waals surface area contributed by atoms with Crippen molar-refractivity contribution in [3.63, 3.8) is 0 Å². The Balaban J connectivity index is 1.50. The maximum Gasteiger partial charge on any atom is 0.325 e. The predicted octanol–water partition coefficient (Wildman–Crippen LogP) is 4.61. The maximum absolute atomic E-state index is 12.3. The molecule has 39 heavy (non-hydrogen) atoms. The molecular formula is C27H32N4O6S2. The minimum atomic E-state index is -0.685. The van der Waals surface area contributed by atoms with Gasteiger partial charge in [0.05, 0.1) is 25.4 Å². The second-order valence-corrected chi connectivity index (χ2v) is 11.4. The van der Waals surface area contributed by atoms with Crippen LogP contribution in [0.5, 0.6) is 0 Å². The van der Waals surface area contributed by atoms with Gasteiger partial charge in [0, 0.05) is 22.9 Å². The van der Waals surface area contributed by atoms with Crippen molar-refractivity contribution in [3.8, 4) is 0 Å². The van der Waals surface area contributed by atoms with Crippen LogP contribution in [0.3, 0.4) is 0 Å². The summed E-state index contributed by atoms with van der Waals surface area (Å²) in [6.45, 7) is 5.72. The Hall–Kier alpha value is -3.03. The van der Waals surface area contributed by atoms with E-state index in [0.717, 1.165) is 26.0 Å². The molecule has 10 nitrogen and oxygen atoms in total. The highest BCUT2D eigenvalue weighted by atomic mass is 32.2. The minimum absolute atomic E-state index is 0.0257. The number of carbonyl (C=O) groups excluding carboxylic acids is 2. The lowest BCUT2D eigenvalue weighted by Crippen LogP contribution is -2.38. The number of amides is 2. The third-order valence-corrected chi connectivity index (χ3v) is 8.18. The van der Waals surface area contributed by atoms with Gasteiger partial charge in [0.25, 0.3) is 0 Å². The molecule has 1 aliphatic rings. The minimum Gasteiger partial charge on any atom is -0.465 e. The molecule has 2 heterocycles. The van der Waals surface area contributed by atoms with E-state index in [1.807, 2.05) is 37.3 Å². The molecule has 208 valence electrons. The molecule has 3 N–H and O–H groups in total. The molecule has 0 aliphatic carbocycles. The third-order valence-electron chi connectivity index (χ3n) is 6.12. The Bertz CT molecular complexity index is 1260. The molecule has 12 heteroatoms. The van der Waals surface area contributed by atoms with Gasteiger partial charge in [-0.15, -0.1) is 10.2 Å². The van der Waals surface area contributed by atoms with Crippen molar-refractivity contribution in [2.45, 2.75) is 50.2 Å². The number of aryl methyl sites for hydroxylation is 1. The molecule has 1 saturated heterocycles. The monoisotopic (exact) mass is 572 g/mol. The van der Waals surface area contributed by atoms with Gasteiger partial charge < -0.3 is 30.0 Å². The fraction of sp³-hybridized carbons (Fsp3) is 0.407. The fourth-order valence-electron chi connectivity index (χ4n) is 4.10. The first-order valence-electron chi connectivity index (χ1n) is 12.6. The van der Waals surface area contributed by atoms with Crippen LogP contribution in [-0.2, 0) is 25.6 Å². The molecule has 1 aromatic heterocycles. The molecular weight excluding hydrogens is 540 g/mol.